The van der Waals surface area contributed by atoms with Gasteiger partial charge in [-0.2, -0.15) is 0 Å². The minimum Gasteiger partial charge on any atom is -0.358 e. The third-order valence-corrected chi connectivity index (χ3v) is 4.50. The standard InChI is InChI=1S/C19H18ClN5O2/c1-12-8-9-15(10-16(12)20)24-19-17(25(26)27)18(21-11-22-19)23-13(2)14-6-4-3-5-7-14/h3-11,13H,1-2H3,(H2,21,22,23,24). The molecule has 2 N–H and O–H groups in total. The molecule has 0 amide bonds. The van der Waals surface area contributed by atoms with Crippen molar-refractivity contribution < 1.29 is 4.92 Å². The van der Waals surface area contributed by atoms with E-state index in [-0.39, 0.29) is 23.4 Å². The van der Waals surface area contributed by atoms with Gasteiger partial charge in [-0.25, -0.2) is 9.97 Å². The third kappa shape index (κ3) is 4.32. The van der Waals surface area contributed by atoms with Gasteiger partial charge in [0.15, 0.2) is 0 Å². The van der Waals surface area contributed by atoms with Gasteiger partial charge in [0.1, 0.15) is 6.33 Å². The zero-order valence-electron chi connectivity index (χ0n) is 14.8. The summed E-state index contributed by atoms with van der Waals surface area (Å²) in [6.45, 7) is 3.79. The molecular formula is C19H18ClN5O2. The molecule has 1 atom stereocenters. The molecule has 3 aromatic rings. The van der Waals surface area contributed by atoms with Gasteiger partial charge in [-0.15, -0.1) is 0 Å². The maximum atomic E-state index is 11.7. The van der Waals surface area contributed by atoms with Crippen LogP contribution in [0, 0.1) is 17.0 Å². The van der Waals surface area contributed by atoms with Crippen molar-refractivity contribution in [2.75, 3.05) is 10.6 Å². The SMILES string of the molecule is Cc1ccc(Nc2ncnc(NC(C)c3ccccc3)c2[N+](=O)[O-])cc1Cl. The van der Waals surface area contributed by atoms with Crippen LogP contribution in [0.2, 0.25) is 5.02 Å². The second kappa shape index (κ2) is 8.01. The predicted octanol–water partition coefficient (Wildman–Crippen LogP) is 5.26. The number of rotatable bonds is 6. The number of aromatic nitrogens is 2. The van der Waals surface area contributed by atoms with Crippen molar-refractivity contribution in [2.45, 2.75) is 19.9 Å². The van der Waals surface area contributed by atoms with E-state index in [1.807, 2.05) is 50.2 Å². The number of anilines is 3. The number of benzene rings is 2. The van der Waals surface area contributed by atoms with E-state index in [2.05, 4.69) is 20.6 Å². The average molecular weight is 384 g/mol. The summed E-state index contributed by atoms with van der Waals surface area (Å²) in [5.41, 5.74) is 2.29. The summed E-state index contributed by atoms with van der Waals surface area (Å²) >= 11 is 6.13. The molecule has 8 heteroatoms. The van der Waals surface area contributed by atoms with Crippen molar-refractivity contribution in [1.82, 2.24) is 9.97 Å². The van der Waals surface area contributed by atoms with Gasteiger partial charge >= 0.3 is 5.69 Å². The molecule has 0 saturated carbocycles. The van der Waals surface area contributed by atoms with Crippen molar-refractivity contribution in [3.8, 4) is 0 Å². The van der Waals surface area contributed by atoms with Gasteiger partial charge in [0.05, 0.1) is 11.0 Å². The number of hydrogen-bond donors (Lipinski definition) is 2. The Bertz CT molecular complexity index is 966. The van der Waals surface area contributed by atoms with Crippen LogP contribution in [0.15, 0.2) is 54.9 Å². The number of nitrogens with one attached hydrogen (secondary N) is 2. The molecule has 0 radical (unpaired) electrons. The molecule has 27 heavy (non-hydrogen) atoms. The lowest BCUT2D eigenvalue weighted by molar-refractivity contribution is -0.383. The van der Waals surface area contributed by atoms with E-state index in [4.69, 9.17) is 11.6 Å². The Balaban J connectivity index is 1.92. The Morgan fingerprint density at radius 2 is 1.81 bits per heavy atom. The van der Waals surface area contributed by atoms with Gasteiger partial charge in [0.2, 0.25) is 11.6 Å². The first-order valence-electron chi connectivity index (χ1n) is 8.29. The minimum absolute atomic E-state index is 0.0951. The maximum Gasteiger partial charge on any atom is 0.353 e. The van der Waals surface area contributed by atoms with Crippen molar-refractivity contribution in [2.24, 2.45) is 0 Å². The monoisotopic (exact) mass is 383 g/mol. The number of halogens is 1. The fourth-order valence-electron chi connectivity index (χ4n) is 2.59. The molecule has 0 fully saturated rings. The molecule has 0 aliphatic rings. The topological polar surface area (TPSA) is 93.0 Å². The van der Waals surface area contributed by atoms with Gasteiger partial charge in [0.25, 0.3) is 0 Å². The summed E-state index contributed by atoms with van der Waals surface area (Å²) in [5.74, 6) is 0.241. The second-order valence-corrected chi connectivity index (χ2v) is 6.45. The highest BCUT2D eigenvalue weighted by atomic mass is 35.5. The highest BCUT2D eigenvalue weighted by molar-refractivity contribution is 6.31. The van der Waals surface area contributed by atoms with Crippen molar-refractivity contribution in [1.29, 1.82) is 0 Å². The Morgan fingerprint density at radius 3 is 2.48 bits per heavy atom. The van der Waals surface area contributed by atoms with Crippen LogP contribution in [0.1, 0.15) is 24.1 Å². The lowest BCUT2D eigenvalue weighted by atomic mass is 10.1. The average Bonchev–Trinajstić information content (AvgIpc) is 2.65. The van der Waals surface area contributed by atoms with Crippen LogP contribution in [0.25, 0.3) is 0 Å². The van der Waals surface area contributed by atoms with Crippen LogP contribution in [0.5, 0.6) is 0 Å². The van der Waals surface area contributed by atoms with E-state index in [0.717, 1.165) is 11.1 Å². The molecule has 0 saturated heterocycles. The molecule has 0 aliphatic heterocycles. The van der Waals surface area contributed by atoms with Crippen LogP contribution >= 0.6 is 11.6 Å². The van der Waals surface area contributed by atoms with Gasteiger partial charge in [-0.1, -0.05) is 48.0 Å². The van der Waals surface area contributed by atoms with E-state index in [1.165, 1.54) is 6.33 Å². The molecule has 0 spiro atoms. The van der Waals surface area contributed by atoms with Gasteiger partial charge in [-0.3, -0.25) is 10.1 Å². The summed E-state index contributed by atoms with van der Waals surface area (Å²) in [6.07, 6.45) is 1.28. The first-order chi connectivity index (χ1) is 13.0. The summed E-state index contributed by atoms with van der Waals surface area (Å²) in [7, 11) is 0. The Labute approximate surface area is 161 Å². The molecular weight excluding hydrogens is 366 g/mol. The summed E-state index contributed by atoms with van der Waals surface area (Å²) in [6, 6.07) is 14.8. The van der Waals surface area contributed by atoms with Gasteiger partial charge in [0, 0.05) is 10.7 Å². The first-order valence-corrected chi connectivity index (χ1v) is 8.67. The first kappa shape index (κ1) is 18.6. The predicted molar refractivity (Wildman–Crippen MR) is 107 cm³/mol. The minimum atomic E-state index is -0.502. The highest BCUT2D eigenvalue weighted by Gasteiger charge is 2.24. The maximum absolute atomic E-state index is 11.7. The number of nitro groups is 1. The van der Waals surface area contributed by atoms with Crippen LogP contribution in [0.4, 0.5) is 23.0 Å². The van der Waals surface area contributed by atoms with Crippen molar-refractivity contribution in [3.05, 3.63) is 81.1 Å². The molecule has 138 valence electrons. The lowest BCUT2D eigenvalue weighted by Gasteiger charge is -2.16. The zero-order valence-corrected chi connectivity index (χ0v) is 15.6. The number of hydrogen-bond acceptors (Lipinski definition) is 6. The molecule has 1 unspecified atom stereocenters. The lowest BCUT2D eigenvalue weighted by Crippen LogP contribution is -2.11. The van der Waals surface area contributed by atoms with Crippen molar-refractivity contribution >= 4 is 34.6 Å². The highest BCUT2D eigenvalue weighted by Crippen LogP contribution is 2.33. The quantitative estimate of drug-likeness (QED) is 0.445. The van der Waals surface area contributed by atoms with Crippen LogP contribution in [-0.2, 0) is 0 Å². The molecule has 0 bridgehead atoms. The van der Waals surface area contributed by atoms with E-state index >= 15 is 0 Å². The van der Waals surface area contributed by atoms with E-state index in [0.29, 0.717) is 10.7 Å². The molecule has 2 aromatic carbocycles. The van der Waals surface area contributed by atoms with Crippen LogP contribution in [0.3, 0.4) is 0 Å². The molecule has 1 heterocycles. The summed E-state index contributed by atoms with van der Waals surface area (Å²) in [5, 5.41) is 18.3. The number of aryl methyl sites for hydroxylation is 1. The summed E-state index contributed by atoms with van der Waals surface area (Å²) in [4.78, 5) is 19.3. The molecule has 7 nitrogen and oxygen atoms in total. The number of nitrogens with zero attached hydrogens (tertiary/aromatic N) is 3. The zero-order chi connectivity index (χ0) is 19.4. The Kier molecular flexibility index (Phi) is 5.52. The van der Waals surface area contributed by atoms with E-state index < -0.39 is 4.92 Å². The van der Waals surface area contributed by atoms with Gasteiger partial charge < -0.3 is 10.6 Å². The molecule has 0 aliphatic carbocycles. The molecule has 1 aromatic heterocycles. The normalized spacial score (nSPS) is 11.7. The van der Waals surface area contributed by atoms with E-state index in [1.54, 1.807) is 12.1 Å². The fourth-order valence-corrected chi connectivity index (χ4v) is 2.77. The Hall–Kier alpha value is -3.19. The largest absolute Gasteiger partial charge is 0.358 e. The smallest absolute Gasteiger partial charge is 0.353 e. The molecule has 3 rings (SSSR count). The fraction of sp³-hybridized carbons (Fsp3) is 0.158. The third-order valence-electron chi connectivity index (χ3n) is 4.09. The second-order valence-electron chi connectivity index (χ2n) is 6.04. The summed E-state index contributed by atoms with van der Waals surface area (Å²) < 4.78 is 0. The van der Waals surface area contributed by atoms with Crippen LogP contribution in [-0.4, -0.2) is 14.9 Å². The van der Waals surface area contributed by atoms with Crippen LogP contribution < -0.4 is 10.6 Å². The Morgan fingerprint density at radius 1 is 1.11 bits per heavy atom. The van der Waals surface area contributed by atoms with Crippen molar-refractivity contribution in [3.63, 3.8) is 0 Å². The van der Waals surface area contributed by atoms with E-state index in [9.17, 15) is 10.1 Å². The van der Waals surface area contributed by atoms with Gasteiger partial charge in [-0.05, 0) is 37.1 Å².